The minimum Gasteiger partial charge on any atom is -0.325 e. The number of aromatic nitrogens is 3. The number of anilines is 1. The number of fused-ring (bicyclic) bond motifs is 1. The van der Waals surface area contributed by atoms with Crippen molar-refractivity contribution in [1.29, 1.82) is 5.26 Å². The number of hydrogen-bond acceptors (Lipinski definition) is 5. The lowest BCUT2D eigenvalue weighted by Crippen LogP contribution is -2.22. The van der Waals surface area contributed by atoms with E-state index in [9.17, 15) is 4.79 Å². The van der Waals surface area contributed by atoms with Crippen molar-refractivity contribution in [3.8, 4) is 6.07 Å². The molecular formula is C16H11Cl2N5OS. The van der Waals surface area contributed by atoms with Crippen molar-refractivity contribution in [2.24, 2.45) is 0 Å². The van der Waals surface area contributed by atoms with Crippen LogP contribution in [0.5, 0.6) is 0 Å². The summed E-state index contributed by atoms with van der Waals surface area (Å²) in [7, 11) is 0. The fourth-order valence-electron chi connectivity index (χ4n) is 2.07. The number of pyridine rings is 1. The summed E-state index contributed by atoms with van der Waals surface area (Å²) < 4.78 is 1.65. The van der Waals surface area contributed by atoms with E-state index >= 15 is 0 Å². The number of carbonyl (C=O) groups excluding carboxylic acids is 1. The summed E-state index contributed by atoms with van der Waals surface area (Å²) in [5.41, 5.74) is 1.63. The molecule has 25 heavy (non-hydrogen) atoms. The molecule has 2 heterocycles. The van der Waals surface area contributed by atoms with Crippen LogP contribution in [0.25, 0.3) is 5.65 Å². The molecule has 0 spiro atoms. The third-order valence-electron chi connectivity index (χ3n) is 3.33. The third-order valence-corrected chi connectivity index (χ3v) is 4.87. The molecule has 0 saturated heterocycles. The van der Waals surface area contributed by atoms with Gasteiger partial charge in [0.1, 0.15) is 0 Å². The van der Waals surface area contributed by atoms with E-state index in [2.05, 4.69) is 15.5 Å². The Kier molecular flexibility index (Phi) is 5.13. The first-order valence-electron chi connectivity index (χ1n) is 7.15. The van der Waals surface area contributed by atoms with Crippen LogP contribution in [0, 0.1) is 11.3 Å². The Morgan fingerprint density at radius 1 is 1.32 bits per heavy atom. The number of nitrogens with one attached hydrogen (secondary N) is 1. The molecule has 0 aliphatic heterocycles. The molecule has 0 radical (unpaired) electrons. The van der Waals surface area contributed by atoms with Crippen LogP contribution >= 0.6 is 35.0 Å². The summed E-state index contributed by atoms with van der Waals surface area (Å²) in [5.74, 6) is -0.195. The molecular weight excluding hydrogens is 381 g/mol. The van der Waals surface area contributed by atoms with Gasteiger partial charge in [-0.15, -0.1) is 10.2 Å². The molecule has 3 aromatic rings. The lowest BCUT2D eigenvalue weighted by atomic mass is 10.2. The van der Waals surface area contributed by atoms with Gasteiger partial charge in [-0.05, 0) is 37.3 Å². The van der Waals surface area contributed by atoms with Crippen LogP contribution in [0.1, 0.15) is 12.5 Å². The fourth-order valence-corrected chi connectivity index (χ4v) is 3.40. The number of hydrogen-bond donors (Lipinski definition) is 1. The minimum absolute atomic E-state index is 0.195. The monoisotopic (exact) mass is 391 g/mol. The van der Waals surface area contributed by atoms with Crippen molar-refractivity contribution < 1.29 is 4.79 Å². The molecule has 1 atom stereocenters. The molecule has 2 aromatic heterocycles. The highest BCUT2D eigenvalue weighted by Crippen LogP contribution is 2.27. The van der Waals surface area contributed by atoms with E-state index in [1.807, 2.05) is 6.07 Å². The molecule has 1 aromatic carbocycles. The summed E-state index contributed by atoms with van der Waals surface area (Å²) in [6.07, 6.45) is 1.65. The van der Waals surface area contributed by atoms with Gasteiger partial charge in [0, 0.05) is 11.9 Å². The maximum atomic E-state index is 12.4. The lowest BCUT2D eigenvalue weighted by Gasteiger charge is -2.11. The Labute approximate surface area is 157 Å². The Balaban J connectivity index is 1.74. The van der Waals surface area contributed by atoms with Gasteiger partial charge in [0.15, 0.2) is 10.8 Å². The van der Waals surface area contributed by atoms with Crippen LogP contribution in [0.15, 0.2) is 41.7 Å². The smallest absolute Gasteiger partial charge is 0.237 e. The molecule has 126 valence electrons. The zero-order valence-electron chi connectivity index (χ0n) is 12.9. The molecule has 0 aliphatic rings. The predicted molar refractivity (Wildman–Crippen MR) is 98.1 cm³/mol. The highest BCUT2D eigenvalue weighted by atomic mass is 35.5. The molecule has 0 saturated carbocycles. The lowest BCUT2D eigenvalue weighted by molar-refractivity contribution is -0.115. The Morgan fingerprint density at radius 3 is 2.72 bits per heavy atom. The van der Waals surface area contributed by atoms with Gasteiger partial charge in [0.2, 0.25) is 5.91 Å². The van der Waals surface area contributed by atoms with E-state index < -0.39 is 5.25 Å². The first kappa shape index (κ1) is 17.5. The van der Waals surface area contributed by atoms with Gasteiger partial charge >= 0.3 is 0 Å². The number of benzene rings is 1. The second-order valence-corrected chi connectivity index (χ2v) is 7.27. The average molecular weight is 392 g/mol. The van der Waals surface area contributed by atoms with Gasteiger partial charge in [0.05, 0.1) is 26.9 Å². The van der Waals surface area contributed by atoms with Crippen LogP contribution in [0.2, 0.25) is 10.0 Å². The van der Waals surface area contributed by atoms with Crippen molar-refractivity contribution in [2.75, 3.05) is 5.32 Å². The van der Waals surface area contributed by atoms with E-state index in [-0.39, 0.29) is 5.91 Å². The second-order valence-electron chi connectivity index (χ2n) is 5.12. The van der Waals surface area contributed by atoms with Crippen LogP contribution in [-0.2, 0) is 4.79 Å². The third kappa shape index (κ3) is 3.87. The number of nitrogens with zero attached hydrogens (tertiary/aromatic N) is 4. The zero-order valence-corrected chi connectivity index (χ0v) is 15.2. The highest BCUT2D eigenvalue weighted by Gasteiger charge is 2.19. The number of thioether (sulfide) groups is 1. The Hall–Kier alpha value is -2.27. The first-order valence-corrected chi connectivity index (χ1v) is 8.79. The van der Waals surface area contributed by atoms with E-state index in [4.69, 9.17) is 28.5 Å². The Bertz CT molecular complexity index is 981. The summed E-state index contributed by atoms with van der Waals surface area (Å²) in [6.45, 7) is 1.76. The van der Waals surface area contributed by atoms with Crippen molar-refractivity contribution >= 4 is 52.2 Å². The summed E-state index contributed by atoms with van der Waals surface area (Å²) >= 11 is 13.3. The molecule has 1 N–H and O–H groups in total. The SMILES string of the molecule is C[C@H](Sc1nnc2c(Cl)cc(Cl)cn12)C(=O)Nc1ccc(C#N)cc1. The molecule has 0 unspecified atom stereocenters. The molecule has 0 bridgehead atoms. The van der Waals surface area contributed by atoms with E-state index in [0.29, 0.717) is 32.1 Å². The van der Waals surface area contributed by atoms with Gasteiger partial charge in [-0.1, -0.05) is 35.0 Å². The van der Waals surface area contributed by atoms with E-state index in [1.165, 1.54) is 11.8 Å². The van der Waals surface area contributed by atoms with Crippen LogP contribution in [0.3, 0.4) is 0 Å². The molecule has 0 aliphatic carbocycles. The number of amides is 1. The molecule has 1 amide bonds. The van der Waals surface area contributed by atoms with Gasteiger partial charge in [-0.2, -0.15) is 5.26 Å². The van der Waals surface area contributed by atoms with Crippen molar-refractivity contribution in [3.63, 3.8) is 0 Å². The molecule has 3 rings (SSSR count). The maximum absolute atomic E-state index is 12.4. The normalized spacial score (nSPS) is 11.9. The van der Waals surface area contributed by atoms with Gasteiger partial charge in [-0.3, -0.25) is 9.20 Å². The van der Waals surface area contributed by atoms with Gasteiger partial charge in [-0.25, -0.2) is 0 Å². The van der Waals surface area contributed by atoms with Crippen molar-refractivity contribution in [1.82, 2.24) is 14.6 Å². The van der Waals surface area contributed by atoms with Crippen molar-refractivity contribution in [2.45, 2.75) is 17.3 Å². The second kappa shape index (κ2) is 7.31. The molecule has 0 fully saturated rings. The summed E-state index contributed by atoms with van der Waals surface area (Å²) in [4.78, 5) is 12.4. The molecule has 6 nitrogen and oxygen atoms in total. The largest absolute Gasteiger partial charge is 0.325 e. The number of nitriles is 1. The summed E-state index contributed by atoms with van der Waals surface area (Å²) in [5, 5.41) is 20.6. The average Bonchev–Trinajstić information content (AvgIpc) is 2.98. The summed E-state index contributed by atoms with van der Waals surface area (Å²) in [6, 6.07) is 10.3. The topological polar surface area (TPSA) is 83.1 Å². The predicted octanol–water partition coefficient (Wildman–Crippen LogP) is 4.03. The van der Waals surface area contributed by atoms with Crippen molar-refractivity contribution in [3.05, 3.63) is 52.1 Å². The van der Waals surface area contributed by atoms with E-state index in [1.54, 1.807) is 47.9 Å². The van der Waals surface area contributed by atoms with Crippen LogP contribution in [-0.4, -0.2) is 25.8 Å². The van der Waals surface area contributed by atoms with Gasteiger partial charge in [0.25, 0.3) is 0 Å². The molecule has 9 heteroatoms. The van der Waals surface area contributed by atoms with E-state index in [0.717, 1.165) is 0 Å². The minimum atomic E-state index is -0.430. The van der Waals surface area contributed by atoms with Crippen LogP contribution < -0.4 is 5.32 Å². The standard InChI is InChI=1S/C16H11Cl2N5OS/c1-9(15(24)20-12-4-2-10(7-19)3-5-12)25-16-22-21-14-13(18)6-11(17)8-23(14)16/h2-6,8-9H,1H3,(H,20,24)/t9-/m0/s1. The fraction of sp³-hybridized carbons (Fsp3) is 0.125. The van der Waals surface area contributed by atoms with Gasteiger partial charge < -0.3 is 5.32 Å². The number of rotatable bonds is 4. The number of carbonyl (C=O) groups is 1. The first-order chi connectivity index (χ1) is 12.0. The Morgan fingerprint density at radius 2 is 2.04 bits per heavy atom. The quantitative estimate of drug-likeness (QED) is 0.678. The zero-order chi connectivity index (χ0) is 18.0. The number of halogens is 2. The highest BCUT2D eigenvalue weighted by molar-refractivity contribution is 8.00. The van der Waals surface area contributed by atoms with Crippen LogP contribution in [0.4, 0.5) is 5.69 Å². The maximum Gasteiger partial charge on any atom is 0.237 e.